The van der Waals surface area contributed by atoms with E-state index in [4.69, 9.17) is 0 Å². The van der Waals surface area contributed by atoms with E-state index in [2.05, 4.69) is 63.1 Å². The van der Waals surface area contributed by atoms with Crippen LogP contribution in [0.1, 0.15) is 23.4 Å². The highest BCUT2D eigenvalue weighted by atomic mass is 32.1. The topological polar surface area (TPSA) is 47.6 Å². The summed E-state index contributed by atoms with van der Waals surface area (Å²) in [6.07, 6.45) is 0. The number of carbonyl (C=O) groups is 1. The number of carbonyl (C=O) groups excluding carboxylic acids is 1. The molecule has 0 spiro atoms. The van der Waals surface area contributed by atoms with E-state index >= 15 is 0 Å². The van der Waals surface area contributed by atoms with Gasteiger partial charge in [0.05, 0.1) is 12.6 Å². The summed E-state index contributed by atoms with van der Waals surface area (Å²) < 4.78 is 0. The normalized spacial score (nSPS) is 15.6. The van der Waals surface area contributed by atoms with E-state index in [9.17, 15) is 4.79 Å². The van der Waals surface area contributed by atoms with Crippen LogP contribution < -0.4 is 15.5 Å². The second-order valence-electron chi connectivity index (χ2n) is 7.76. The Hall–Kier alpha value is -2.67. The number of hydrogen-bond donors (Lipinski definition) is 2. The van der Waals surface area contributed by atoms with Crippen LogP contribution in [0.4, 0.5) is 11.4 Å². The van der Waals surface area contributed by atoms with Crippen molar-refractivity contribution in [3.05, 3.63) is 82.6 Å². The van der Waals surface area contributed by atoms with Crippen LogP contribution in [0.5, 0.6) is 0 Å². The Morgan fingerprint density at radius 1 is 0.968 bits per heavy atom. The summed E-state index contributed by atoms with van der Waals surface area (Å²) in [4.78, 5) is 18.7. The van der Waals surface area contributed by atoms with Gasteiger partial charge in [0.25, 0.3) is 0 Å². The molecule has 0 radical (unpaired) electrons. The van der Waals surface area contributed by atoms with Gasteiger partial charge in [0.15, 0.2) is 0 Å². The van der Waals surface area contributed by atoms with Gasteiger partial charge in [-0.3, -0.25) is 10.1 Å². The van der Waals surface area contributed by atoms with Crippen LogP contribution >= 0.6 is 11.3 Å². The molecule has 1 fully saturated rings. The number of nitrogens with zero attached hydrogens (tertiary/aromatic N) is 2. The Morgan fingerprint density at radius 3 is 2.35 bits per heavy atom. The van der Waals surface area contributed by atoms with Crippen LogP contribution in [0.15, 0.2) is 72.1 Å². The van der Waals surface area contributed by atoms with Crippen LogP contribution in [0.3, 0.4) is 0 Å². The van der Waals surface area contributed by atoms with Crippen LogP contribution in [-0.4, -0.2) is 50.1 Å². The van der Waals surface area contributed by atoms with Crippen molar-refractivity contribution in [2.24, 2.45) is 0 Å². The Labute approximate surface area is 188 Å². The largest absolute Gasteiger partial charge is 0.369 e. The highest BCUT2D eigenvalue weighted by Crippen LogP contribution is 2.26. The summed E-state index contributed by atoms with van der Waals surface area (Å²) >= 11 is 1.70. The zero-order valence-corrected chi connectivity index (χ0v) is 18.8. The lowest BCUT2D eigenvalue weighted by atomic mass is 10.1. The molecule has 0 bridgehead atoms. The first-order chi connectivity index (χ1) is 15.2. The number of likely N-dealkylation sites (N-methyl/N-ethyl adjacent to an activating group) is 1. The first-order valence-electron chi connectivity index (χ1n) is 10.9. The average Bonchev–Trinajstić information content (AvgIpc) is 3.35. The van der Waals surface area contributed by atoms with E-state index < -0.39 is 0 Å². The Balaban J connectivity index is 1.32. The SMILES string of the molecule is CCN1CCN(c2ccc(NC(=O)CN[C@H](c3ccccc3)c3cccs3)cc2)CC1. The van der Waals surface area contributed by atoms with Crippen molar-refractivity contribution in [3.8, 4) is 0 Å². The van der Waals surface area contributed by atoms with Gasteiger partial charge in [0.1, 0.15) is 0 Å². The molecule has 0 unspecified atom stereocenters. The van der Waals surface area contributed by atoms with Gasteiger partial charge in [-0.05, 0) is 47.8 Å². The minimum absolute atomic E-state index is 0.0103. The summed E-state index contributed by atoms with van der Waals surface area (Å²) in [5, 5.41) is 8.50. The predicted octanol–water partition coefficient (Wildman–Crippen LogP) is 4.21. The van der Waals surface area contributed by atoms with Crippen molar-refractivity contribution in [2.45, 2.75) is 13.0 Å². The van der Waals surface area contributed by atoms with Crippen molar-refractivity contribution < 1.29 is 4.79 Å². The number of rotatable bonds is 8. The smallest absolute Gasteiger partial charge is 0.238 e. The maximum atomic E-state index is 12.6. The fraction of sp³-hybridized carbons (Fsp3) is 0.320. The van der Waals surface area contributed by atoms with Gasteiger partial charge in [0, 0.05) is 42.4 Å². The Bertz CT molecular complexity index is 935. The molecule has 4 rings (SSSR count). The second-order valence-corrected chi connectivity index (χ2v) is 8.74. The lowest BCUT2D eigenvalue weighted by molar-refractivity contribution is -0.115. The van der Waals surface area contributed by atoms with Gasteiger partial charge in [-0.15, -0.1) is 11.3 Å². The minimum Gasteiger partial charge on any atom is -0.369 e. The Kier molecular flexibility index (Phi) is 7.35. The van der Waals surface area contributed by atoms with Crippen LogP contribution in [0.25, 0.3) is 0 Å². The molecule has 5 nitrogen and oxygen atoms in total. The molecule has 2 heterocycles. The third kappa shape index (κ3) is 5.73. The molecule has 1 aromatic heterocycles. The van der Waals surface area contributed by atoms with E-state index in [0.717, 1.165) is 44.0 Å². The molecule has 1 aliphatic rings. The van der Waals surface area contributed by atoms with Crippen molar-refractivity contribution in [3.63, 3.8) is 0 Å². The highest BCUT2D eigenvalue weighted by Gasteiger charge is 2.17. The number of amides is 1. The summed E-state index contributed by atoms with van der Waals surface area (Å²) in [6, 6.07) is 22.6. The maximum absolute atomic E-state index is 12.6. The maximum Gasteiger partial charge on any atom is 0.238 e. The third-order valence-electron chi connectivity index (χ3n) is 5.76. The molecule has 1 atom stereocenters. The van der Waals surface area contributed by atoms with E-state index in [1.165, 1.54) is 10.6 Å². The summed E-state index contributed by atoms with van der Waals surface area (Å²) in [5.74, 6) is -0.0400. The number of anilines is 2. The highest BCUT2D eigenvalue weighted by molar-refractivity contribution is 7.10. The van der Waals surface area contributed by atoms with Gasteiger partial charge in [-0.25, -0.2) is 0 Å². The summed E-state index contributed by atoms with van der Waals surface area (Å²) in [6.45, 7) is 7.88. The monoisotopic (exact) mass is 434 g/mol. The van der Waals surface area contributed by atoms with Crippen molar-refractivity contribution in [1.29, 1.82) is 0 Å². The standard InChI is InChI=1S/C25H30N4OS/c1-2-28-14-16-29(17-15-28)22-12-10-21(11-13-22)27-24(30)19-26-25(23-9-6-18-31-23)20-7-4-3-5-8-20/h3-13,18,25-26H,2,14-17,19H2,1H3,(H,27,30)/t25-/m1/s1. The van der Waals surface area contributed by atoms with Crippen LogP contribution in [-0.2, 0) is 4.79 Å². The van der Waals surface area contributed by atoms with Gasteiger partial charge >= 0.3 is 0 Å². The van der Waals surface area contributed by atoms with E-state index in [-0.39, 0.29) is 18.5 Å². The van der Waals surface area contributed by atoms with Crippen LogP contribution in [0, 0.1) is 0 Å². The van der Waals surface area contributed by atoms with Crippen molar-refractivity contribution in [1.82, 2.24) is 10.2 Å². The molecule has 2 N–H and O–H groups in total. The molecule has 1 aliphatic heterocycles. The van der Waals surface area contributed by atoms with Gasteiger partial charge in [-0.2, -0.15) is 0 Å². The molecule has 6 heteroatoms. The number of nitrogens with one attached hydrogen (secondary N) is 2. The molecule has 2 aromatic carbocycles. The Morgan fingerprint density at radius 2 is 1.71 bits per heavy atom. The number of hydrogen-bond acceptors (Lipinski definition) is 5. The summed E-state index contributed by atoms with van der Waals surface area (Å²) in [5.41, 5.74) is 3.20. The number of benzene rings is 2. The van der Waals surface area contributed by atoms with Crippen molar-refractivity contribution >= 4 is 28.6 Å². The fourth-order valence-electron chi connectivity index (χ4n) is 3.96. The quantitative estimate of drug-likeness (QED) is 0.558. The first kappa shape index (κ1) is 21.6. The molecule has 3 aromatic rings. The molecule has 0 aliphatic carbocycles. The van der Waals surface area contributed by atoms with Gasteiger partial charge in [-0.1, -0.05) is 43.3 Å². The first-order valence-corrected chi connectivity index (χ1v) is 11.8. The molecule has 1 saturated heterocycles. The van der Waals surface area contributed by atoms with Crippen LogP contribution in [0.2, 0.25) is 0 Å². The molecule has 162 valence electrons. The number of piperazine rings is 1. The van der Waals surface area contributed by atoms with Crippen molar-refractivity contribution in [2.75, 3.05) is 49.5 Å². The summed E-state index contributed by atoms with van der Waals surface area (Å²) in [7, 11) is 0. The molecule has 31 heavy (non-hydrogen) atoms. The second kappa shape index (κ2) is 10.6. The fourth-order valence-corrected chi connectivity index (χ4v) is 4.79. The zero-order valence-electron chi connectivity index (χ0n) is 18.0. The third-order valence-corrected chi connectivity index (χ3v) is 6.70. The molecule has 1 amide bonds. The molecular weight excluding hydrogens is 404 g/mol. The van der Waals surface area contributed by atoms with E-state index in [1.54, 1.807) is 11.3 Å². The molecule has 0 saturated carbocycles. The molecular formula is C25H30N4OS. The van der Waals surface area contributed by atoms with Gasteiger partial charge in [0.2, 0.25) is 5.91 Å². The minimum atomic E-state index is -0.0400. The lowest BCUT2D eigenvalue weighted by Gasteiger charge is -2.35. The number of thiophene rings is 1. The van der Waals surface area contributed by atoms with E-state index in [1.807, 2.05) is 36.4 Å². The average molecular weight is 435 g/mol. The zero-order chi connectivity index (χ0) is 21.5. The lowest BCUT2D eigenvalue weighted by Crippen LogP contribution is -2.46. The van der Waals surface area contributed by atoms with Gasteiger partial charge < -0.3 is 15.1 Å². The van der Waals surface area contributed by atoms with E-state index in [0.29, 0.717) is 0 Å². The predicted molar refractivity (Wildman–Crippen MR) is 130 cm³/mol.